The Kier molecular flexibility index (Phi) is 4.94. The van der Waals surface area contributed by atoms with E-state index in [9.17, 15) is 4.79 Å². The van der Waals surface area contributed by atoms with Crippen molar-refractivity contribution in [1.82, 2.24) is 14.9 Å². The molecule has 0 radical (unpaired) electrons. The zero-order chi connectivity index (χ0) is 18.7. The van der Waals surface area contributed by atoms with Gasteiger partial charge in [-0.25, -0.2) is 0 Å². The molecular formula is C22H25N3O. The summed E-state index contributed by atoms with van der Waals surface area (Å²) in [7, 11) is 1.96. The highest BCUT2D eigenvalue weighted by atomic mass is 16.1. The molecule has 3 rings (SSSR count). The number of aryl methyl sites for hydroxylation is 2. The number of benzene rings is 1. The van der Waals surface area contributed by atoms with E-state index in [0.29, 0.717) is 12.1 Å². The van der Waals surface area contributed by atoms with Gasteiger partial charge in [-0.3, -0.25) is 9.78 Å². The molecule has 1 N–H and O–H groups in total. The van der Waals surface area contributed by atoms with E-state index in [1.807, 2.05) is 73.4 Å². The molecule has 0 unspecified atom stereocenters. The van der Waals surface area contributed by atoms with Gasteiger partial charge in [0.2, 0.25) is 0 Å². The first kappa shape index (κ1) is 17.9. The van der Waals surface area contributed by atoms with Crippen LogP contribution in [-0.2, 0) is 12.5 Å². The van der Waals surface area contributed by atoms with Crippen molar-refractivity contribution < 1.29 is 4.79 Å². The maximum atomic E-state index is 12.8. The van der Waals surface area contributed by atoms with Gasteiger partial charge in [0.25, 0.3) is 5.91 Å². The average Bonchev–Trinajstić information content (AvgIpc) is 3.02. The number of carbonyl (C=O) groups excluding carboxylic acids is 1. The first-order chi connectivity index (χ1) is 12.4. The number of amides is 1. The molecule has 0 saturated carbocycles. The Morgan fingerprint density at radius 3 is 2.50 bits per heavy atom. The molecule has 0 aliphatic carbocycles. The largest absolute Gasteiger partial charge is 0.351 e. The van der Waals surface area contributed by atoms with Gasteiger partial charge in [0, 0.05) is 37.1 Å². The van der Waals surface area contributed by atoms with Gasteiger partial charge >= 0.3 is 0 Å². The molecule has 1 aromatic carbocycles. The second-order valence-electron chi connectivity index (χ2n) is 7.34. The second kappa shape index (κ2) is 7.16. The van der Waals surface area contributed by atoms with Crippen LogP contribution in [0.4, 0.5) is 0 Å². The van der Waals surface area contributed by atoms with Crippen LogP contribution >= 0.6 is 0 Å². The molecule has 26 heavy (non-hydrogen) atoms. The van der Waals surface area contributed by atoms with Crippen molar-refractivity contribution in [3.8, 4) is 11.3 Å². The molecule has 0 saturated heterocycles. The summed E-state index contributed by atoms with van der Waals surface area (Å²) in [5.41, 5.74) is 4.50. The summed E-state index contributed by atoms with van der Waals surface area (Å²) < 4.78 is 1.98. The van der Waals surface area contributed by atoms with E-state index in [2.05, 4.69) is 30.2 Å². The molecule has 1 amide bonds. The number of nitrogens with one attached hydrogen (secondary N) is 1. The molecule has 0 aliphatic rings. The summed E-state index contributed by atoms with van der Waals surface area (Å²) in [6.45, 7) is 6.72. The standard InChI is InChI=1S/C22H25N3O/c1-16-10-11-19(23-14-16)22(2,3)15-24-21(26)18-12-13-25(4)20(18)17-8-6-5-7-9-17/h5-14H,15H2,1-4H3,(H,24,26). The fraction of sp³-hybridized carbons (Fsp3) is 0.273. The fourth-order valence-corrected chi connectivity index (χ4v) is 3.02. The van der Waals surface area contributed by atoms with Crippen LogP contribution in [0.3, 0.4) is 0 Å². The Balaban J connectivity index is 1.78. The van der Waals surface area contributed by atoms with E-state index in [1.54, 1.807) is 0 Å². The number of aromatic nitrogens is 2. The van der Waals surface area contributed by atoms with Crippen molar-refractivity contribution in [3.63, 3.8) is 0 Å². The normalized spacial score (nSPS) is 11.4. The zero-order valence-electron chi connectivity index (χ0n) is 15.8. The molecule has 134 valence electrons. The minimum absolute atomic E-state index is 0.0651. The summed E-state index contributed by atoms with van der Waals surface area (Å²) in [6, 6.07) is 15.9. The minimum Gasteiger partial charge on any atom is -0.351 e. The summed E-state index contributed by atoms with van der Waals surface area (Å²) in [4.78, 5) is 17.4. The van der Waals surface area contributed by atoms with Crippen molar-refractivity contribution in [2.24, 2.45) is 7.05 Å². The van der Waals surface area contributed by atoms with E-state index in [0.717, 1.165) is 22.5 Å². The van der Waals surface area contributed by atoms with E-state index >= 15 is 0 Å². The van der Waals surface area contributed by atoms with E-state index in [4.69, 9.17) is 0 Å². The van der Waals surface area contributed by atoms with E-state index in [1.165, 1.54) is 0 Å². The van der Waals surface area contributed by atoms with Crippen molar-refractivity contribution in [2.45, 2.75) is 26.2 Å². The molecule has 0 aliphatic heterocycles. The third-order valence-corrected chi connectivity index (χ3v) is 4.66. The van der Waals surface area contributed by atoms with Crippen LogP contribution in [-0.4, -0.2) is 22.0 Å². The molecule has 4 heteroatoms. The molecule has 2 heterocycles. The van der Waals surface area contributed by atoms with Crippen LogP contribution in [0.15, 0.2) is 60.9 Å². The number of carbonyl (C=O) groups is 1. The Labute approximate surface area is 154 Å². The van der Waals surface area contributed by atoms with Gasteiger partial charge in [0.15, 0.2) is 0 Å². The van der Waals surface area contributed by atoms with Gasteiger partial charge in [-0.05, 0) is 30.2 Å². The van der Waals surface area contributed by atoms with Gasteiger partial charge < -0.3 is 9.88 Å². The lowest BCUT2D eigenvalue weighted by Crippen LogP contribution is -2.37. The molecular weight excluding hydrogens is 322 g/mol. The molecule has 4 nitrogen and oxygen atoms in total. The van der Waals surface area contributed by atoms with E-state index in [-0.39, 0.29) is 11.3 Å². The lowest BCUT2D eigenvalue weighted by molar-refractivity contribution is 0.0946. The minimum atomic E-state index is -0.245. The van der Waals surface area contributed by atoms with Crippen molar-refractivity contribution in [3.05, 3.63) is 77.7 Å². The van der Waals surface area contributed by atoms with Crippen LogP contribution in [0.1, 0.15) is 35.5 Å². The summed E-state index contributed by atoms with van der Waals surface area (Å²) in [6.07, 6.45) is 3.79. The van der Waals surface area contributed by atoms with Crippen molar-refractivity contribution in [1.29, 1.82) is 0 Å². The summed E-state index contributed by atoms with van der Waals surface area (Å²) in [5.74, 6) is -0.0651. The van der Waals surface area contributed by atoms with Gasteiger partial charge in [-0.15, -0.1) is 0 Å². The van der Waals surface area contributed by atoms with Gasteiger partial charge in [-0.2, -0.15) is 0 Å². The average molecular weight is 347 g/mol. The predicted octanol–water partition coefficient (Wildman–Crippen LogP) is 4.10. The monoisotopic (exact) mass is 347 g/mol. The number of hydrogen-bond acceptors (Lipinski definition) is 2. The van der Waals surface area contributed by atoms with Gasteiger partial charge in [0.05, 0.1) is 11.3 Å². The van der Waals surface area contributed by atoms with Crippen molar-refractivity contribution in [2.75, 3.05) is 6.54 Å². The Morgan fingerprint density at radius 2 is 1.85 bits per heavy atom. The summed E-state index contributed by atoms with van der Waals surface area (Å²) >= 11 is 0. The SMILES string of the molecule is Cc1ccc(C(C)(C)CNC(=O)c2ccn(C)c2-c2ccccc2)nc1. The molecule has 0 bridgehead atoms. The Morgan fingerprint density at radius 1 is 1.12 bits per heavy atom. The smallest absolute Gasteiger partial charge is 0.253 e. The molecule has 3 aromatic rings. The second-order valence-corrected chi connectivity index (χ2v) is 7.34. The van der Waals surface area contributed by atoms with Crippen LogP contribution in [0.25, 0.3) is 11.3 Å². The van der Waals surface area contributed by atoms with Gasteiger partial charge in [0.1, 0.15) is 0 Å². The first-order valence-corrected chi connectivity index (χ1v) is 8.80. The number of pyridine rings is 1. The van der Waals surface area contributed by atoms with Crippen LogP contribution in [0.2, 0.25) is 0 Å². The number of nitrogens with zero attached hydrogens (tertiary/aromatic N) is 2. The number of hydrogen-bond donors (Lipinski definition) is 1. The molecule has 0 atom stereocenters. The van der Waals surface area contributed by atoms with Crippen LogP contribution < -0.4 is 5.32 Å². The maximum absolute atomic E-state index is 12.8. The predicted molar refractivity (Wildman–Crippen MR) is 105 cm³/mol. The Bertz CT molecular complexity index is 893. The lowest BCUT2D eigenvalue weighted by Gasteiger charge is -2.24. The van der Waals surface area contributed by atoms with E-state index < -0.39 is 0 Å². The maximum Gasteiger partial charge on any atom is 0.253 e. The molecule has 0 spiro atoms. The van der Waals surface area contributed by atoms with Crippen molar-refractivity contribution >= 4 is 5.91 Å². The summed E-state index contributed by atoms with van der Waals surface area (Å²) in [5, 5.41) is 3.08. The third kappa shape index (κ3) is 3.69. The quantitative estimate of drug-likeness (QED) is 0.755. The van der Waals surface area contributed by atoms with Crippen LogP contribution in [0, 0.1) is 6.92 Å². The molecule has 0 fully saturated rings. The Hall–Kier alpha value is -2.88. The highest BCUT2D eigenvalue weighted by Gasteiger charge is 2.24. The number of rotatable bonds is 5. The first-order valence-electron chi connectivity index (χ1n) is 8.80. The lowest BCUT2D eigenvalue weighted by atomic mass is 9.88. The molecule has 2 aromatic heterocycles. The highest BCUT2D eigenvalue weighted by Crippen LogP contribution is 2.25. The van der Waals surface area contributed by atoms with Gasteiger partial charge in [-0.1, -0.05) is 50.2 Å². The topological polar surface area (TPSA) is 46.9 Å². The highest BCUT2D eigenvalue weighted by molar-refractivity contribution is 6.00. The van der Waals surface area contributed by atoms with Crippen LogP contribution in [0.5, 0.6) is 0 Å². The third-order valence-electron chi connectivity index (χ3n) is 4.66. The zero-order valence-corrected chi connectivity index (χ0v) is 15.8. The fourth-order valence-electron chi connectivity index (χ4n) is 3.02.